The largest absolute Gasteiger partial charge is 0.497 e. The van der Waals surface area contributed by atoms with Crippen molar-refractivity contribution in [1.29, 1.82) is 0 Å². The Hall–Kier alpha value is -3.09. The first kappa shape index (κ1) is 25.6. The van der Waals surface area contributed by atoms with Gasteiger partial charge >= 0.3 is 0 Å². The fraction of sp³-hybridized carbons (Fsp3) is 0.452. The maximum Gasteiger partial charge on any atom is 0.119 e. The van der Waals surface area contributed by atoms with E-state index in [-0.39, 0.29) is 0 Å². The molecule has 3 heterocycles. The van der Waals surface area contributed by atoms with Crippen molar-refractivity contribution in [2.75, 3.05) is 63.2 Å². The SMILES string of the molecule is COc1cccc(CN(Cc2ccc(N3CCN(C)CC3)cc2)c2ccnc(CN3CCCCC3)c2)c1. The van der Waals surface area contributed by atoms with Crippen molar-refractivity contribution in [3.63, 3.8) is 0 Å². The lowest BCUT2D eigenvalue weighted by molar-refractivity contribution is 0.218. The molecule has 196 valence electrons. The minimum absolute atomic E-state index is 0.810. The van der Waals surface area contributed by atoms with Crippen LogP contribution in [0.25, 0.3) is 0 Å². The summed E-state index contributed by atoms with van der Waals surface area (Å²) in [6, 6.07) is 22.0. The summed E-state index contributed by atoms with van der Waals surface area (Å²) in [6.45, 7) is 9.37. The van der Waals surface area contributed by atoms with Crippen LogP contribution in [0.5, 0.6) is 5.75 Å². The number of piperidine rings is 1. The van der Waals surface area contributed by atoms with E-state index in [1.54, 1.807) is 7.11 Å². The second kappa shape index (κ2) is 12.4. The zero-order valence-electron chi connectivity index (χ0n) is 22.5. The van der Waals surface area contributed by atoms with Crippen molar-refractivity contribution in [3.05, 3.63) is 83.7 Å². The van der Waals surface area contributed by atoms with Crippen LogP contribution in [0.3, 0.4) is 0 Å². The molecule has 0 radical (unpaired) electrons. The molecule has 6 heteroatoms. The minimum Gasteiger partial charge on any atom is -0.497 e. The highest BCUT2D eigenvalue weighted by Crippen LogP contribution is 2.25. The van der Waals surface area contributed by atoms with Crippen LogP contribution in [0.15, 0.2) is 66.9 Å². The van der Waals surface area contributed by atoms with E-state index in [2.05, 4.69) is 81.2 Å². The Morgan fingerprint density at radius 2 is 1.57 bits per heavy atom. The molecule has 0 amide bonds. The fourth-order valence-electron chi connectivity index (χ4n) is 5.42. The van der Waals surface area contributed by atoms with Crippen LogP contribution < -0.4 is 14.5 Å². The second-order valence-electron chi connectivity index (χ2n) is 10.5. The lowest BCUT2D eigenvalue weighted by Gasteiger charge is -2.34. The predicted molar refractivity (Wildman–Crippen MR) is 152 cm³/mol. The van der Waals surface area contributed by atoms with E-state index in [1.165, 1.54) is 54.9 Å². The van der Waals surface area contributed by atoms with Gasteiger partial charge in [-0.15, -0.1) is 0 Å². The topological polar surface area (TPSA) is 35.1 Å². The molecule has 0 atom stereocenters. The molecule has 0 spiro atoms. The number of aromatic nitrogens is 1. The van der Waals surface area contributed by atoms with Gasteiger partial charge in [-0.25, -0.2) is 0 Å². The number of piperazine rings is 1. The highest BCUT2D eigenvalue weighted by Gasteiger charge is 2.16. The molecule has 3 aromatic rings. The summed E-state index contributed by atoms with van der Waals surface area (Å²) < 4.78 is 5.50. The van der Waals surface area contributed by atoms with Crippen LogP contribution in [-0.2, 0) is 19.6 Å². The second-order valence-corrected chi connectivity index (χ2v) is 10.5. The first-order valence-electron chi connectivity index (χ1n) is 13.7. The van der Waals surface area contributed by atoms with E-state index in [9.17, 15) is 0 Å². The Kier molecular flexibility index (Phi) is 8.59. The summed E-state index contributed by atoms with van der Waals surface area (Å²) in [6.07, 6.45) is 5.92. The zero-order chi connectivity index (χ0) is 25.5. The van der Waals surface area contributed by atoms with Crippen molar-refractivity contribution in [3.8, 4) is 5.75 Å². The van der Waals surface area contributed by atoms with Crippen molar-refractivity contribution in [2.45, 2.75) is 38.9 Å². The molecule has 37 heavy (non-hydrogen) atoms. The molecule has 2 aliphatic rings. The number of likely N-dealkylation sites (N-methyl/N-ethyl adjacent to an activating group) is 1. The van der Waals surface area contributed by atoms with Crippen LogP contribution >= 0.6 is 0 Å². The molecule has 0 aliphatic carbocycles. The standard InChI is InChI=1S/C31H41N5O/c1-33-17-19-35(20-18-33)29-11-9-26(10-12-29)23-36(24-27-7-6-8-31(21-27)37-2)30-13-14-32-28(22-30)25-34-15-4-3-5-16-34/h6-14,21-22H,3-5,15-20,23-25H2,1-2H3. The van der Waals surface area contributed by atoms with Gasteiger partial charge in [0.25, 0.3) is 0 Å². The molecule has 2 aromatic carbocycles. The minimum atomic E-state index is 0.810. The van der Waals surface area contributed by atoms with E-state index in [1.807, 2.05) is 12.3 Å². The normalized spacial score (nSPS) is 17.1. The van der Waals surface area contributed by atoms with E-state index >= 15 is 0 Å². The molecule has 1 aromatic heterocycles. The van der Waals surface area contributed by atoms with E-state index < -0.39 is 0 Å². The van der Waals surface area contributed by atoms with Gasteiger partial charge in [-0.3, -0.25) is 9.88 Å². The number of rotatable bonds is 9. The Labute approximate surface area is 222 Å². The summed E-state index contributed by atoms with van der Waals surface area (Å²) >= 11 is 0. The molecule has 2 aliphatic heterocycles. The molecule has 0 N–H and O–H groups in total. The lowest BCUT2D eigenvalue weighted by atomic mass is 10.1. The van der Waals surface area contributed by atoms with E-state index in [0.717, 1.165) is 57.3 Å². The smallest absolute Gasteiger partial charge is 0.119 e. The molecule has 6 nitrogen and oxygen atoms in total. The summed E-state index contributed by atoms with van der Waals surface area (Å²) in [5.74, 6) is 0.898. The van der Waals surface area contributed by atoms with Gasteiger partial charge < -0.3 is 19.4 Å². The Bertz CT molecular complexity index is 1120. The van der Waals surface area contributed by atoms with Crippen molar-refractivity contribution in [2.24, 2.45) is 0 Å². The first-order chi connectivity index (χ1) is 18.2. The number of methoxy groups -OCH3 is 1. The number of nitrogens with zero attached hydrogens (tertiary/aromatic N) is 5. The summed E-state index contributed by atoms with van der Waals surface area (Å²) in [5.41, 5.74) is 6.25. The Morgan fingerprint density at radius 3 is 2.32 bits per heavy atom. The molecule has 0 saturated carbocycles. The quantitative estimate of drug-likeness (QED) is 0.411. The van der Waals surface area contributed by atoms with Gasteiger partial charge in [-0.05, 0) is 80.5 Å². The van der Waals surface area contributed by atoms with Gasteiger partial charge in [0.1, 0.15) is 5.75 Å². The van der Waals surface area contributed by atoms with E-state index in [0.29, 0.717) is 0 Å². The van der Waals surface area contributed by atoms with Crippen molar-refractivity contribution < 1.29 is 4.74 Å². The number of benzene rings is 2. The van der Waals surface area contributed by atoms with Gasteiger partial charge in [-0.2, -0.15) is 0 Å². The average molecular weight is 500 g/mol. The van der Waals surface area contributed by atoms with Gasteiger partial charge in [0.2, 0.25) is 0 Å². The zero-order valence-corrected chi connectivity index (χ0v) is 22.5. The van der Waals surface area contributed by atoms with Crippen LogP contribution in [0.1, 0.15) is 36.1 Å². The molecular weight excluding hydrogens is 458 g/mol. The Balaban J connectivity index is 1.35. The molecule has 2 saturated heterocycles. The monoisotopic (exact) mass is 499 g/mol. The molecule has 5 rings (SSSR count). The third-order valence-corrected chi connectivity index (χ3v) is 7.69. The molecule has 0 bridgehead atoms. The highest BCUT2D eigenvalue weighted by molar-refractivity contribution is 5.51. The van der Waals surface area contributed by atoms with Gasteiger partial charge in [0.05, 0.1) is 12.8 Å². The molecule has 0 unspecified atom stereocenters. The number of likely N-dealkylation sites (tertiary alicyclic amines) is 1. The fourth-order valence-corrected chi connectivity index (χ4v) is 5.42. The summed E-state index contributed by atoms with van der Waals surface area (Å²) in [5, 5.41) is 0. The van der Waals surface area contributed by atoms with Gasteiger partial charge in [0.15, 0.2) is 0 Å². The average Bonchev–Trinajstić information content (AvgIpc) is 2.94. The molecular formula is C31H41N5O. The van der Waals surface area contributed by atoms with Crippen molar-refractivity contribution in [1.82, 2.24) is 14.8 Å². The lowest BCUT2D eigenvalue weighted by Crippen LogP contribution is -2.44. The maximum atomic E-state index is 5.50. The van der Waals surface area contributed by atoms with E-state index in [4.69, 9.17) is 9.72 Å². The van der Waals surface area contributed by atoms with Crippen LogP contribution in [-0.4, -0.2) is 68.2 Å². The highest BCUT2D eigenvalue weighted by atomic mass is 16.5. The summed E-state index contributed by atoms with van der Waals surface area (Å²) in [4.78, 5) is 14.6. The van der Waals surface area contributed by atoms with Crippen LogP contribution in [0.4, 0.5) is 11.4 Å². The number of hydrogen-bond acceptors (Lipinski definition) is 6. The predicted octanol–water partition coefficient (Wildman–Crippen LogP) is 5.03. The number of pyridine rings is 1. The van der Waals surface area contributed by atoms with Gasteiger partial charge in [-0.1, -0.05) is 30.7 Å². The third kappa shape index (κ3) is 7.02. The Morgan fingerprint density at radius 1 is 0.811 bits per heavy atom. The number of anilines is 2. The van der Waals surface area contributed by atoms with Crippen LogP contribution in [0.2, 0.25) is 0 Å². The third-order valence-electron chi connectivity index (χ3n) is 7.69. The van der Waals surface area contributed by atoms with Crippen LogP contribution in [0, 0.1) is 0 Å². The number of hydrogen-bond donors (Lipinski definition) is 0. The molecule has 2 fully saturated rings. The summed E-state index contributed by atoms with van der Waals surface area (Å²) in [7, 11) is 3.93. The first-order valence-corrected chi connectivity index (χ1v) is 13.7. The maximum absolute atomic E-state index is 5.50. The van der Waals surface area contributed by atoms with Gasteiger partial charge in [0, 0.05) is 63.4 Å². The van der Waals surface area contributed by atoms with Crippen molar-refractivity contribution >= 4 is 11.4 Å². The number of ether oxygens (including phenoxy) is 1.